The lowest BCUT2D eigenvalue weighted by molar-refractivity contribution is -0.385. The van der Waals surface area contributed by atoms with Crippen LogP contribution in [0.15, 0.2) is 40.9 Å². The number of hydrogen-bond donors (Lipinski definition) is 1. The maximum absolute atomic E-state index is 11.0. The van der Waals surface area contributed by atoms with Gasteiger partial charge in [0.1, 0.15) is 11.5 Å². The van der Waals surface area contributed by atoms with Crippen LogP contribution in [-0.4, -0.2) is 12.0 Å². The van der Waals surface area contributed by atoms with E-state index in [2.05, 4.69) is 15.9 Å². The third kappa shape index (κ3) is 3.50. The van der Waals surface area contributed by atoms with Gasteiger partial charge in [-0.15, -0.1) is 0 Å². The SMILES string of the molecule is COc1ccc(Oc2cc(Br)ccc2CN)cc1[N+](=O)[O-]. The van der Waals surface area contributed by atoms with E-state index in [0.717, 1.165) is 10.0 Å². The Hall–Kier alpha value is -2.12. The minimum Gasteiger partial charge on any atom is -0.490 e. The second-order valence-electron chi connectivity index (χ2n) is 4.15. The maximum Gasteiger partial charge on any atom is 0.314 e. The number of nitro benzene ring substituents is 1. The maximum atomic E-state index is 11.0. The molecule has 7 heteroatoms. The molecule has 0 fully saturated rings. The van der Waals surface area contributed by atoms with Crippen LogP contribution in [0.2, 0.25) is 0 Å². The lowest BCUT2D eigenvalue weighted by Gasteiger charge is -2.11. The molecule has 110 valence electrons. The lowest BCUT2D eigenvalue weighted by atomic mass is 10.2. The molecular weight excluding hydrogens is 340 g/mol. The molecule has 0 saturated heterocycles. The van der Waals surface area contributed by atoms with Crippen molar-refractivity contribution in [3.05, 3.63) is 56.5 Å². The average molecular weight is 353 g/mol. The van der Waals surface area contributed by atoms with Gasteiger partial charge in [0, 0.05) is 16.6 Å². The molecule has 0 aliphatic heterocycles. The van der Waals surface area contributed by atoms with Crippen LogP contribution in [0.1, 0.15) is 5.56 Å². The lowest BCUT2D eigenvalue weighted by Crippen LogP contribution is -2.00. The Labute approximate surface area is 129 Å². The molecule has 2 aromatic carbocycles. The number of rotatable bonds is 5. The van der Waals surface area contributed by atoms with Gasteiger partial charge in [-0.2, -0.15) is 0 Å². The molecule has 21 heavy (non-hydrogen) atoms. The highest BCUT2D eigenvalue weighted by Crippen LogP contribution is 2.34. The van der Waals surface area contributed by atoms with E-state index in [1.165, 1.54) is 19.2 Å². The third-order valence-electron chi connectivity index (χ3n) is 2.82. The van der Waals surface area contributed by atoms with Crippen molar-refractivity contribution in [1.82, 2.24) is 0 Å². The second-order valence-corrected chi connectivity index (χ2v) is 5.06. The minimum absolute atomic E-state index is 0.153. The Morgan fingerprint density at radius 1 is 1.24 bits per heavy atom. The van der Waals surface area contributed by atoms with Crippen molar-refractivity contribution in [1.29, 1.82) is 0 Å². The molecule has 2 N–H and O–H groups in total. The highest BCUT2D eigenvalue weighted by Gasteiger charge is 2.16. The highest BCUT2D eigenvalue weighted by atomic mass is 79.9. The van der Waals surface area contributed by atoms with E-state index in [0.29, 0.717) is 18.0 Å². The van der Waals surface area contributed by atoms with Gasteiger partial charge in [-0.05, 0) is 24.3 Å². The number of nitrogens with zero attached hydrogens (tertiary/aromatic N) is 1. The molecule has 0 aromatic heterocycles. The van der Waals surface area contributed by atoms with E-state index in [-0.39, 0.29) is 11.4 Å². The summed E-state index contributed by atoms with van der Waals surface area (Å²) < 4.78 is 11.5. The van der Waals surface area contributed by atoms with Crippen molar-refractivity contribution in [3.8, 4) is 17.2 Å². The van der Waals surface area contributed by atoms with E-state index < -0.39 is 4.92 Å². The zero-order valence-corrected chi connectivity index (χ0v) is 12.8. The summed E-state index contributed by atoms with van der Waals surface area (Å²) in [6.07, 6.45) is 0. The van der Waals surface area contributed by atoms with Crippen molar-refractivity contribution in [2.24, 2.45) is 5.73 Å². The van der Waals surface area contributed by atoms with Crippen LogP contribution in [-0.2, 0) is 6.54 Å². The van der Waals surface area contributed by atoms with Crippen LogP contribution in [0.3, 0.4) is 0 Å². The predicted octanol–water partition coefficient (Wildman–Crippen LogP) is 3.62. The Kier molecular flexibility index (Phi) is 4.77. The number of ether oxygens (including phenoxy) is 2. The number of benzene rings is 2. The molecule has 0 bridgehead atoms. The quantitative estimate of drug-likeness (QED) is 0.655. The monoisotopic (exact) mass is 352 g/mol. The first kappa shape index (κ1) is 15.3. The van der Waals surface area contributed by atoms with Crippen molar-refractivity contribution in [2.45, 2.75) is 6.54 Å². The zero-order valence-electron chi connectivity index (χ0n) is 11.2. The molecule has 0 spiro atoms. The van der Waals surface area contributed by atoms with E-state index in [1.54, 1.807) is 12.1 Å². The van der Waals surface area contributed by atoms with E-state index in [1.807, 2.05) is 12.1 Å². The number of nitrogens with two attached hydrogens (primary N) is 1. The highest BCUT2D eigenvalue weighted by molar-refractivity contribution is 9.10. The summed E-state index contributed by atoms with van der Waals surface area (Å²) in [4.78, 5) is 10.5. The third-order valence-corrected chi connectivity index (χ3v) is 3.32. The van der Waals surface area contributed by atoms with Gasteiger partial charge in [0.2, 0.25) is 0 Å². The first-order valence-corrected chi connectivity index (χ1v) is 6.83. The van der Waals surface area contributed by atoms with Gasteiger partial charge < -0.3 is 15.2 Å². The zero-order chi connectivity index (χ0) is 15.4. The molecule has 0 unspecified atom stereocenters. The van der Waals surface area contributed by atoms with Crippen molar-refractivity contribution < 1.29 is 14.4 Å². The number of nitro groups is 1. The van der Waals surface area contributed by atoms with E-state index in [9.17, 15) is 10.1 Å². The van der Waals surface area contributed by atoms with E-state index in [4.69, 9.17) is 15.2 Å². The molecule has 0 radical (unpaired) electrons. The first-order chi connectivity index (χ1) is 10.0. The molecule has 0 amide bonds. The topological polar surface area (TPSA) is 87.6 Å². The fourth-order valence-corrected chi connectivity index (χ4v) is 2.14. The number of hydrogen-bond acceptors (Lipinski definition) is 5. The van der Waals surface area contributed by atoms with Gasteiger partial charge in [0.05, 0.1) is 18.1 Å². The van der Waals surface area contributed by atoms with Crippen LogP contribution in [0, 0.1) is 10.1 Å². The van der Waals surface area contributed by atoms with Crippen LogP contribution >= 0.6 is 15.9 Å². The van der Waals surface area contributed by atoms with Gasteiger partial charge >= 0.3 is 5.69 Å². The van der Waals surface area contributed by atoms with Gasteiger partial charge in [-0.3, -0.25) is 10.1 Å². The summed E-state index contributed by atoms with van der Waals surface area (Å²) in [6, 6.07) is 9.86. The molecule has 0 saturated carbocycles. The fraction of sp³-hybridized carbons (Fsp3) is 0.143. The molecule has 0 aliphatic rings. The van der Waals surface area contributed by atoms with Crippen molar-refractivity contribution in [2.75, 3.05) is 7.11 Å². The smallest absolute Gasteiger partial charge is 0.314 e. The van der Waals surface area contributed by atoms with Gasteiger partial charge in [0.15, 0.2) is 5.75 Å². The van der Waals surface area contributed by atoms with E-state index >= 15 is 0 Å². The fourth-order valence-electron chi connectivity index (χ4n) is 1.79. The molecule has 2 aromatic rings. The molecular formula is C14H13BrN2O4. The normalized spacial score (nSPS) is 10.2. The summed E-state index contributed by atoms with van der Waals surface area (Å²) in [5.41, 5.74) is 6.30. The van der Waals surface area contributed by atoms with Crippen LogP contribution < -0.4 is 15.2 Å². The summed E-state index contributed by atoms with van der Waals surface area (Å²) in [5, 5.41) is 11.0. The average Bonchev–Trinajstić information content (AvgIpc) is 2.47. The Bertz CT molecular complexity index is 676. The molecule has 0 atom stereocenters. The Morgan fingerprint density at radius 2 is 2.00 bits per heavy atom. The summed E-state index contributed by atoms with van der Waals surface area (Å²) in [7, 11) is 1.38. The summed E-state index contributed by atoms with van der Waals surface area (Å²) in [5.74, 6) is 1.07. The van der Waals surface area contributed by atoms with Crippen LogP contribution in [0.25, 0.3) is 0 Å². The number of halogens is 1. The van der Waals surface area contributed by atoms with Crippen molar-refractivity contribution in [3.63, 3.8) is 0 Å². The van der Waals surface area contributed by atoms with Crippen molar-refractivity contribution >= 4 is 21.6 Å². The number of methoxy groups -OCH3 is 1. The minimum atomic E-state index is -0.517. The molecule has 0 aliphatic carbocycles. The predicted molar refractivity (Wildman–Crippen MR) is 81.8 cm³/mol. The molecule has 2 rings (SSSR count). The van der Waals surface area contributed by atoms with Gasteiger partial charge in [0.25, 0.3) is 0 Å². The van der Waals surface area contributed by atoms with Gasteiger partial charge in [-0.1, -0.05) is 22.0 Å². The van der Waals surface area contributed by atoms with Gasteiger partial charge in [-0.25, -0.2) is 0 Å². The summed E-state index contributed by atoms with van der Waals surface area (Å²) >= 11 is 3.35. The largest absolute Gasteiger partial charge is 0.490 e. The first-order valence-electron chi connectivity index (χ1n) is 6.04. The second kappa shape index (κ2) is 6.55. The Balaban J connectivity index is 2.38. The standard InChI is InChI=1S/C14H13BrN2O4/c1-20-13-5-4-11(7-12(13)17(18)19)21-14-6-10(15)3-2-9(14)8-16/h2-7H,8,16H2,1H3. The summed E-state index contributed by atoms with van der Waals surface area (Å²) in [6.45, 7) is 0.306. The Morgan fingerprint density at radius 3 is 2.62 bits per heavy atom. The van der Waals surface area contributed by atoms with Crippen LogP contribution in [0.4, 0.5) is 5.69 Å². The van der Waals surface area contributed by atoms with Crippen LogP contribution in [0.5, 0.6) is 17.2 Å². The molecule has 0 heterocycles. The molecule has 6 nitrogen and oxygen atoms in total.